The molecule has 7 heteroatoms. The van der Waals surface area contributed by atoms with E-state index >= 15 is 0 Å². The van der Waals surface area contributed by atoms with Crippen LogP contribution in [0.2, 0.25) is 0 Å². The summed E-state index contributed by atoms with van der Waals surface area (Å²) in [6.07, 6.45) is 5.30. The first-order chi connectivity index (χ1) is 14.2. The second-order valence-electron chi connectivity index (χ2n) is 7.02. The van der Waals surface area contributed by atoms with E-state index in [4.69, 9.17) is 4.74 Å². The molecule has 1 N–H and O–H groups in total. The lowest BCUT2D eigenvalue weighted by Crippen LogP contribution is -2.41. The maximum absolute atomic E-state index is 12.7. The van der Waals surface area contributed by atoms with Crippen molar-refractivity contribution in [2.45, 2.75) is 12.8 Å². The molecule has 1 fully saturated rings. The molecule has 0 bridgehead atoms. The number of methoxy groups -OCH3 is 1. The van der Waals surface area contributed by atoms with E-state index in [1.807, 2.05) is 48.5 Å². The molecule has 1 aromatic carbocycles. The van der Waals surface area contributed by atoms with E-state index < -0.39 is 0 Å². The lowest BCUT2D eigenvalue weighted by Gasteiger charge is -2.32. The standard InChI is InChI=1S/C22H23N5O2/c1-29-19-8-6-18(7-9-19)24-22(28)17-5-3-13-27(15-17)21-11-10-20(25-26-21)16-4-2-12-23-14-16/h2,4,6-12,14,17H,3,5,13,15H2,1H3,(H,24,28). The van der Waals surface area contributed by atoms with Gasteiger partial charge in [0.15, 0.2) is 5.82 Å². The molecule has 0 aliphatic carbocycles. The van der Waals surface area contributed by atoms with Gasteiger partial charge < -0.3 is 15.0 Å². The average Bonchev–Trinajstić information content (AvgIpc) is 2.80. The summed E-state index contributed by atoms with van der Waals surface area (Å²) >= 11 is 0. The van der Waals surface area contributed by atoms with Gasteiger partial charge in [0, 0.05) is 36.7 Å². The number of anilines is 2. The first-order valence-electron chi connectivity index (χ1n) is 9.67. The lowest BCUT2D eigenvalue weighted by molar-refractivity contribution is -0.120. The predicted octanol–water partition coefficient (Wildman–Crippen LogP) is 3.40. The van der Waals surface area contributed by atoms with Gasteiger partial charge in [-0.1, -0.05) is 0 Å². The number of hydrogen-bond acceptors (Lipinski definition) is 6. The quantitative estimate of drug-likeness (QED) is 0.720. The molecule has 7 nitrogen and oxygen atoms in total. The Labute approximate surface area is 169 Å². The molecule has 0 spiro atoms. The number of amides is 1. The van der Waals surface area contributed by atoms with Crippen LogP contribution in [0, 0.1) is 5.92 Å². The largest absolute Gasteiger partial charge is 0.497 e. The zero-order valence-electron chi connectivity index (χ0n) is 16.3. The van der Waals surface area contributed by atoms with Crippen LogP contribution in [0.15, 0.2) is 60.9 Å². The van der Waals surface area contributed by atoms with Gasteiger partial charge in [0.1, 0.15) is 5.75 Å². The third-order valence-electron chi connectivity index (χ3n) is 5.08. The van der Waals surface area contributed by atoms with Gasteiger partial charge in [-0.2, -0.15) is 0 Å². The molecular formula is C22H23N5O2. The highest BCUT2D eigenvalue weighted by Gasteiger charge is 2.27. The second-order valence-corrected chi connectivity index (χ2v) is 7.02. The lowest BCUT2D eigenvalue weighted by atomic mass is 9.97. The first-order valence-corrected chi connectivity index (χ1v) is 9.67. The zero-order valence-corrected chi connectivity index (χ0v) is 16.3. The summed E-state index contributed by atoms with van der Waals surface area (Å²) in [4.78, 5) is 19.0. The monoisotopic (exact) mass is 389 g/mol. The van der Waals surface area contributed by atoms with E-state index in [0.717, 1.165) is 47.9 Å². The molecule has 29 heavy (non-hydrogen) atoms. The Balaban J connectivity index is 1.40. The minimum absolute atomic E-state index is 0.0276. The number of benzene rings is 1. The molecule has 3 heterocycles. The summed E-state index contributed by atoms with van der Waals surface area (Å²) in [6, 6.07) is 15.1. The van der Waals surface area contributed by atoms with Gasteiger partial charge >= 0.3 is 0 Å². The Kier molecular flexibility index (Phi) is 5.65. The van der Waals surface area contributed by atoms with E-state index in [2.05, 4.69) is 25.4 Å². The van der Waals surface area contributed by atoms with E-state index in [1.165, 1.54) is 0 Å². The molecule has 148 valence electrons. The van der Waals surface area contributed by atoms with Gasteiger partial charge in [-0.15, -0.1) is 10.2 Å². The topological polar surface area (TPSA) is 80.2 Å². The van der Waals surface area contributed by atoms with Crippen LogP contribution in [-0.2, 0) is 4.79 Å². The van der Waals surface area contributed by atoms with Crippen molar-refractivity contribution < 1.29 is 9.53 Å². The SMILES string of the molecule is COc1ccc(NC(=O)C2CCCN(c3ccc(-c4cccnc4)nn3)C2)cc1. The van der Waals surface area contributed by atoms with Crippen LogP contribution in [0.3, 0.4) is 0 Å². The minimum atomic E-state index is -0.0920. The molecule has 0 saturated carbocycles. The molecular weight excluding hydrogens is 366 g/mol. The van der Waals surface area contributed by atoms with Crippen molar-refractivity contribution in [1.29, 1.82) is 0 Å². The number of nitrogens with one attached hydrogen (secondary N) is 1. The number of carbonyl (C=O) groups excluding carboxylic acids is 1. The normalized spacial score (nSPS) is 16.3. The molecule has 0 radical (unpaired) electrons. The van der Waals surface area contributed by atoms with Crippen molar-refractivity contribution in [3.63, 3.8) is 0 Å². The average molecular weight is 389 g/mol. The maximum atomic E-state index is 12.7. The van der Waals surface area contributed by atoms with Crippen molar-refractivity contribution in [3.05, 3.63) is 60.9 Å². The molecule has 1 saturated heterocycles. The Morgan fingerprint density at radius 2 is 2.00 bits per heavy atom. The summed E-state index contributed by atoms with van der Waals surface area (Å²) < 4.78 is 5.15. The van der Waals surface area contributed by atoms with Crippen molar-refractivity contribution >= 4 is 17.4 Å². The number of nitrogens with zero attached hydrogens (tertiary/aromatic N) is 4. The van der Waals surface area contributed by atoms with Crippen LogP contribution >= 0.6 is 0 Å². The van der Waals surface area contributed by atoms with Crippen LogP contribution in [0.25, 0.3) is 11.3 Å². The van der Waals surface area contributed by atoms with Crippen LogP contribution < -0.4 is 15.0 Å². The van der Waals surface area contributed by atoms with Crippen LogP contribution in [-0.4, -0.2) is 41.3 Å². The van der Waals surface area contributed by atoms with Crippen molar-refractivity contribution in [1.82, 2.24) is 15.2 Å². The minimum Gasteiger partial charge on any atom is -0.497 e. The molecule has 1 atom stereocenters. The van der Waals surface area contributed by atoms with Gasteiger partial charge in [0.05, 0.1) is 18.7 Å². The number of rotatable bonds is 5. The Bertz CT molecular complexity index is 945. The van der Waals surface area contributed by atoms with Gasteiger partial charge in [-0.05, 0) is 61.4 Å². The third-order valence-corrected chi connectivity index (χ3v) is 5.08. The van der Waals surface area contributed by atoms with E-state index in [-0.39, 0.29) is 11.8 Å². The highest BCUT2D eigenvalue weighted by Crippen LogP contribution is 2.24. The second kappa shape index (κ2) is 8.68. The number of hydrogen-bond donors (Lipinski definition) is 1. The Morgan fingerprint density at radius 1 is 1.14 bits per heavy atom. The number of carbonyl (C=O) groups is 1. The Morgan fingerprint density at radius 3 is 2.69 bits per heavy atom. The smallest absolute Gasteiger partial charge is 0.229 e. The predicted molar refractivity (Wildman–Crippen MR) is 112 cm³/mol. The fraction of sp³-hybridized carbons (Fsp3) is 0.273. The van der Waals surface area contributed by atoms with Gasteiger partial charge in [0.25, 0.3) is 0 Å². The summed E-state index contributed by atoms with van der Waals surface area (Å²) in [5.41, 5.74) is 2.49. The summed E-state index contributed by atoms with van der Waals surface area (Å²) in [5.74, 6) is 1.49. The van der Waals surface area contributed by atoms with Crippen molar-refractivity contribution in [3.8, 4) is 17.0 Å². The molecule has 3 aromatic rings. The first kappa shape index (κ1) is 18.9. The number of ether oxygens (including phenoxy) is 1. The fourth-order valence-corrected chi connectivity index (χ4v) is 3.48. The van der Waals surface area contributed by atoms with Crippen LogP contribution in [0.5, 0.6) is 5.75 Å². The maximum Gasteiger partial charge on any atom is 0.229 e. The van der Waals surface area contributed by atoms with Gasteiger partial charge in [-0.3, -0.25) is 9.78 Å². The number of piperidine rings is 1. The van der Waals surface area contributed by atoms with Crippen LogP contribution in [0.1, 0.15) is 12.8 Å². The fourth-order valence-electron chi connectivity index (χ4n) is 3.48. The highest BCUT2D eigenvalue weighted by atomic mass is 16.5. The molecule has 1 aliphatic rings. The van der Waals surface area contributed by atoms with Crippen LogP contribution in [0.4, 0.5) is 11.5 Å². The van der Waals surface area contributed by atoms with E-state index in [0.29, 0.717) is 6.54 Å². The molecule has 1 amide bonds. The van der Waals surface area contributed by atoms with Crippen molar-refractivity contribution in [2.75, 3.05) is 30.4 Å². The molecule has 2 aromatic heterocycles. The van der Waals surface area contributed by atoms with Crippen molar-refractivity contribution in [2.24, 2.45) is 5.92 Å². The zero-order chi connectivity index (χ0) is 20.1. The highest BCUT2D eigenvalue weighted by molar-refractivity contribution is 5.93. The van der Waals surface area contributed by atoms with Gasteiger partial charge in [0.2, 0.25) is 5.91 Å². The summed E-state index contributed by atoms with van der Waals surface area (Å²) in [7, 11) is 1.62. The van der Waals surface area contributed by atoms with Gasteiger partial charge in [-0.25, -0.2) is 0 Å². The van der Waals surface area contributed by atoms with E-state index in [1.54, 1.807) is 19.5 Å². The Hall–Kier alpha value is -3.48. The number of pyridine rings is 1. The number of aromatic nitrogens is 3. The molecule has 1 aliphatic heterocycles. The molecule has 1 unspecified atom stereocenters. The third kappa shape index (κ3) is 4.51. The molecule has 4 rings (SSSR count). The summed E-state index contributed by atoms with van der Waals surface area (Å²) in [6.45, 7) is 1.50. The van der Waals surface area contributed by atoms with E-state index in [9.17, 15) is 4.79 Å². The summed E-state index contributed by atoms with van der Waals surface area (Å²) in [5, 5.41) is 11.7.